The molecule has 0 amide bonds. The van der Waals surface area contributed by atoms with E-state index in [0.29, 0.717) is 0 Å². The second-order valence-corrected chi connectivity index (χ2v) is 10.1. The van der Waals surface area contributed by atoms with Gasteiger partial charge in [-0.05, 0) is 56.3 Å². The van der Waals surface area contributed by atoms with Crippen molar-refractivity contribution in [2.24, 2.45) is 0 Å². The summed E-state index contributed by atoms with van der Waals surface area (Å²) in [6.45, 7) is 3.04. The predicted octanol–water partition coefficient (Wildman–Crippen LogP) is 2.14. The van der Waals surface area contributed by atoms with Crippen molar-refractivity contribution in [2.45, 2.75) is 24.0 Å². The van der Waals surface area contributed by atoms with Crippen molar-refractivity contribution in [1.82, 2.24) is 8.96 Å². The quantitative estimate of drug-likeness (QED) is 0.662. The third-order valence-electron chi connectivity index (χ3n) is 3.86. The molecule has 0 aliphatic rings. The first-order chi connectivity index (χ1) is 12.5. The lowest BCUT2D eigenvalue weighted by Gasteiger charge is -2.11. The molecule has 0 aliphatic carbocycles. The molecule has 3 rings (SSSR count). The van der Waals surface area contributed by atoms with E-state index in [2.05, 4.69) is 9.71 Å². The number of nitrogens with zero attached hydrogens (tertiary/aromatic N) is 2. The van der Waals surface area contributed by atoms with Gasteiger partial charge in [0.2, 0.25) is 16.0 Å². The largest absolute Gasteiger partial charge is 0.368 e. The molecule has 0 unspecified atom stereocenters. The molecule has 0 atom stereocenters. The summed E-state index contributed by atoms with van der Waals surface area (Å²) in [4.78, 5) is 3.90. The molecule has 11 heteroatoms. The summed E-state index contributed by atoms with van der Waals surface area (Å²) in [5, 5.41) is -0.714. The van der Waals surface area contributed by atoms with Gasteiger partial charge in [0.15, 0.2) is 0 Å². The minimum absolute atomic E-state index is 0.114. The lowest BCUT2D eigenvalue weighted by molar-refractivity contribution is 0.580. The van der Waals surface area contributed by atoms with Crippen molar-refractivity contribution >= 4 is 42.7 Å². The van der Waals surface area contributed by atoms with Crippen LogP contribution in [0.4, 0.5) is 16.0 Å². The van der Waals surface area contributed by atoms with Crippen molar-refractivity contribution in [2.75, 3.05) is 10.5 Å². The van der Waals surface area contributed by atoms with Crippen LogP contribution < -0.4 is 10.5 Å². The maximum absolute atomic E-state index is 13.0. The summed E-state index contributed by atoms with van der Waals surface area (Å²) in [7, 11) is -7.68. The Bertz CT molecular complexity index is 1220. The van der Waals surface area contributed by atoms with Crippen LogP contribution in [0.25, 0.3) is 11.0 Å². The molecule has 8 nitrogen and oxygen atoms in total. The SMILES string of the molecule is CC(C)S(=O)(=O)n1c(N)nc2cc(NS(=O)(=O)c3ccc(F)cc3)ccc21. The van der Waals surface area contributed by atoms with Crippen LogP contribution in [0.1, 0.15) is 13.8 Å². The Morgan fingerprint density at radius 3 is 2.30 bits per heavy atom. The number of halogens is 1. The third kappa shape index (κ3) is 3.47. The molecule has 27 heavy (non-hydrogen) atoms. The van der Waals surface area contributed by atoms with Crippen LogP contribution in [-0.4, -0.2) is 31.0 Å². The second kappa shape index (κ2) is 6.50. The van der Waals surface area contributed by atoms with E-state index in [0.717, 1.165) is 28.2 Å². The van der Waals surface area contributed by atoms with Crippen molar-refractivity contribution in [3.63, 3.8) is 0 Å². The van der Waals surface area contributed by atoms with E-state index in [1.54, 1.807) is 0 Å². The second-order valence-electron chi connectivity index (χ2n) is 6.09. The Labute approximate surface area is 155 Å². The number of hydrogen-bond donors (Lipinski definition) is 2. The average Bonchev–Trinajstić information content (AvgIpc) is 2.90. The van der Waals surface area contributed by atoms with E-state index in [1.807, 2.05) is 0 Å². The maximum Gasteiger partial charge on any atom is 0.261 e. The number of nitrogens with one attached hydrogen (secondary N) is 1. The molecule has 0 saturated carbocycles. The molecule has 144 valence electrons. The summed E-state index contributed by atoms with van der Waals surface area (Å²) in [6.07, 6.45) is 0. The van der Waals surface area contributed by atoms with Crippen LogP contribution in [0, 0.1) is 5.82 Å². The molecule has 0 radical (unpaired) electrons. The van der Waals surface area contributed by atoms with Gasteiger partial charge in [-0.3, -0.25) is 4.72 Å². The normalized spacial score (nSPS) is 12.6. The Balaban J connectivity index is 2.02. The Morgan fingerprint density at radius 1 is 1.07 bits per heavy atom. The van der Waals surface area contributed by atoms with E-state index in [1.165, 1.54) is 32.0 Å². The van der Waals surface area contributed by atoms with Gasteiger partial charge in [-0.25, -0.2) is 30.2 Å². The standard InChI is InChI=1S/C16H17FN4O4S2/c1-10(2)27(24,25)21-15-8-5-12(9-14(15)19-16(21)18)20-26(22,23)13-6-3-11(17)4-7-13/h3-10,20H,1-2H3,(H2,18,19). The number of fused-ring (bicyclic) bond motifs is 1. The lowest BCUT2D eigenvalue weighted by atomic mass is 10.3. The Morgan fingerprint density at radius 2 is 1.70 bits per heavy atom. The van der Waals surface area contributed by atoms with Crippen LogP contribution in [0.5, 0.6) is 0 Å². The van der Waals surface area contributed by atoms with Crippen LogP contribution in [0.2, 0.25) is 0 Å². The number of sulfonamides is 1. The van der Waals surface area contributed by atoms with Gasteiger partial charge in [-0.2, -0.15) is 0 Å². The fraction of sp³-hybridized carbons (Fsp3) is 0.188. The van der Waals surface area contributed by atoms with E-state index in [9.17, 15) is 21.2 Å². The zero-order chi connectivity index (χ0) is 20.0. The number of rotatable bonds is 5. The number of nitrogens with two attached hydrogens (primary N) is 1. The third-order valence-corrected chi connectivity index (χ3v) is 7.35. The zero-order valence-corrected chi connectivity index (χ0v) is 16.1. The number of anilines is 2. The Hall–Kier alpha value is -2.66. The van der Waals surface area contributed by atoms with Gasteiger partial charge < -0.3 is 5.73 Å². The average molecular weight is 412 g/mol. The molecule has 0 aliphatic heterocycles. The Kier molecular flexibility index (Phi) is 4.60. The lowest BCUT2D eigenvalue weighted by Crippen LogP contribution is -2.23. The van der Waals surface area contributed by atoms with Gasteiger partial charge in [0.1, 0.15) is 5.82 Å². The minimum atomic E-state index is -3.94. The summed E-state index contributed by atoms with van der Waals surface area (Å²) < 4.78 is 66.0. The molecular weight excluding hydrogens is 395 g/mol. The number of imidazole rings is 1. The van der Waals surface area contributed by atoms with E-state index in [-0.39, 0.29) is 27.6 Å². The number of benzene rings is 2. The summed E-state index contributed by atoms with van der Waals surface area (Å²) in [6, 6.07) is 8.54. The molecule has 0 saturated heterocycles. The smallest absolute Gasteiger partial charge is 0.261 e. The highest BCUT2D eigenvalue weighted by atomic mass is 32.2. The van der Waals surface area contributed by atoms with Crippen LogP contribution in [-0.2, 0) is 20.0 Å². The van der Waals surface area contributed by atoms with Gasteiger partial charge >= 0.3 is 0 Å². The molecule has 1 aromatic heterocycles. The van der Waals surface area contributed by atoms with Crippen LogP contribution >= 0.6 is 0 Å². The first-order valence-corrected chi connectivity index (χ1v) is 10.8. The van der Waals surface area contributed by atoms with Gasteiger partial charge in [-0.1, -0.05) is 0 Å². The number of aromatic nitrogens is 2. The first-order valence-electron chi connectivity index (χ1n) is 7.83. The highest BCUT2D eigenvalue weighted by Crippen LogP contribution is 2.26. The van der Waals surface area contributed by atoms with E-state index >= 15 is 0 Å². The first kappa shape index (κ1) is 19.1. The summed E-state index contributed by atoms with van der Waals surface area (Å²) >= 11 is 0. The molecular formula is C16H17FN4O4S2. The van der Waals surface area contributed by atoms with Crippen LogP contribution in [0.3, 0.4) is 0 Å². The molecule has 0 fully saturated rings. The van der Waals surface area contributed by atoms with E-state index in [4.69, 9.17) is 5.73 Å². The van der Waals surface area contributed by atoms with Gasteiger partial charge in [0.05, 0.1) is 26.9 Å². The van der Waals surface area contributed by atoms with E-state index < -0.39 is 31.1 Å². The molecule has 3 aromatic rings. The fourth-order valence-corrected chi connectivity index (χ4v) is 4.65. The fourth-order valence-electron chi connectivity index (χ4n) is 2.45. The molecule has 2 aromatic carbocycles. The van der Waals surface area contributed by atoms with Gasteiger partial charge in [0.25, 0.3) is 10.0 Å². The topological polar surface area (TPSA) is 124 Å². The van der Waals surface area contributed by atoms with Crippen molar-refractivity contribution < 1.29 is 21.2 Å². The summed E-state index contributed by atoms with van der Waals surface area (Å²) in [5.41, 5.74) is 6.38. The van der Waals surface area contributed by atoms with Crippen molar-refractivity contribution in [3.05, 3.63) is 48.3 Å². The number of hydrogen-bond acceptors (Lipinski definition) is 6. The monoisotopic (exact) mass is 412 g/mol. The van der Waals surface area contributed by atoms with Gasteiger partial charge in [-0.15, -0.1) is 0 Å². The van der Waals surface area contributed by atoms with Gasteiger partial charge in [0, 0.05) is 0 Å². The van der Waals surface area contributed by atoms with Crippen LogP contribution in [0.15, 0.2) is 47.4 Å². The highest BCUT2D eigenvalue weighted by Gasteiger charge is 2.24. The molecule has 0 bridgehead atoms. The minimum Gasteiger partial charge on any atom is -0.368 e. The summed E-state index contributed by atoms with van der Waals surface area (Å²) in [5.74, 6) is -0.764. The number of nitrogen functional groups attached to an aromatic ring is 1. The predicted molar refractivity (Wildman–Crippen MR) is 101 cm³/mol. The molecule has 1 heterocycles. The van der Waals surface area contributed by atoms with Crippen molar-refractivity contribution in [1.29, 1.82) is 0 Å². The van der Waals surface area contributed by atoms with Crippen molar-refractivity contribution in [3.8, 4) is 0 Å². The molecule has 3 N–H and O–H groups in total. The highest BCUT2D eigenvalue weighted by molar-refractivity contribution is 7.92. The zero-order valence-electron chi connectivity index (χ0n) is 14.4. The maximum atomic E-state index is 13.0. The molecule has 0 spiro atoms.